The van der Waals surface area contributed by atoms with Gasteiger partial charge in [0.05, 0.1) is 18.7 Å². The van der Waals surface area contributed by atoms with Gasteiger partial charge in [-0.15, -0.1) is 0 Å². The van der Waals surface area contributed by atoms with Crippen molar-refractivity contribution in [2.45, 2.75) is 31.5 Å². The van der Waals surface area contributed by atoms with Gasteiger partial charge in [0.15, 0.2) is 0 Å². The quantitative estimate of drug-likeness (QED) is 0.805. The van der Waals surface area contributed by atoms with Crippen LogP contribution in [0.3, 0.4) is 0 Å². The molecule has 0 unspecified atom stereocenters. The molecule has 118 valence electrons. The third-order valence-electron chi connectivity index (χ3n) is 3.78. The van der Waals surface area contributed by atoms with Gasteiger partial charge >= 0.3 is 0 Å². The summed E-state index contributed by atoms with van der Waals surface area (Å²) in [4.78, 5) is 0.315. The lowest BCUT2D eigenvalue weighted by molar-refractivity contribution is 0.594. The van der Waals surface area contributed by atoms with Gasteiger partial charge in [-0.1, -0.05) is 54.7 Å². The van der Waals surface area contributed by atoms with Crippen molar-refractivity contribution in [3.05, 3.63) is 54.1 Å². The summed E-state index contributed by atoms with van der Waals surface area (Å²) in [6.07, 6.45) is 0. The van der Waals surface area contributed by atoms with Crippen molar-refractivity contribution in [1.82, 2.24) is 0 Å². The van der Waals surface area contributed by atoms with E-state index in [0.29, 0.717) is 10.6 Å². The first-order valence-electron chi connectivity index (χ1n) is 7.28. The monoisotopic (exact) mass is 333 g/mol. The number of hydrogen-bond acceptors (Lipinski definition) is 2. The summed E-state index contributed by atoms with van der Waals surface area (Å²) in [5.74, 6) is 0. The van der Waals surface area contributed by atoms with E-state index in [0.717, 1.165) is 5.56 Å². The molecule has 0 heterocycles. The van der Waals surface area contributed by atoms with Crippen LogP contribution in [0.5, 0.6) is 0 Å². The number of sulfonamides is 1. The predicted molar refractivity (Wildman–Crippen MR) is 96.2 cm³/mol. The van der Waals surface area contributed by atoms with Crippen molar-refractivity contribution in [3.8, 4) is 0 Å². The second-order valence-corrected chi connectivity index (χ2v) is 13.6. The molecular formula is C17H23NO2SSi. The average molecular weight is 334 g/mol. The number of anilines is 1. The zero-order valence-electron chi connectivity index (χ0n) is 13.8. The van der Waals surface area contributed by atoms with Gasteiger partial charge in [-0.05, 0) is 31.2 Å². The van der Waals surface area contributed by atoms with E-state index in [9.17, 15) is 8.42 Å². The summed E-state index contributed by atoms with van der Waals surface area (Å²) in [7, 11) is -3.29. The van der Waals surface area contributed by atoms with Gasteiger partial charge in [0, 0.05) is 7.05 Å². The second-order valence-electron chi connectivity index (χ2n) is 6.58. The summed E-state index contributed by atoms with van der Waals surface area (Å²) in [6, 6.07) is 14.8. The van der Waals surface area contributed by atoms with E-state index in [-0.39, 0.29) is 0 Å². The first kappa shape index (κ1) is 16.8. The third kappa shape index (κ3) is 3.42. The molecule has 0 bridgehead atoms. The van der Waals surface area contributed by atoms with E-state index in [1.54, 1.807) is 19.2 Å². The molecule has 0 aliphatic rings. The number of aryl methyl sites for hydroxylation is 1. The van der Waals surface area contributed by atoms with Crippen molar-refractivity contribution in [2.24, 2.45) is 0 Å². The molecule has 2 aromatic carbocycles. The van der Waals surface area contributed by atoms with Crippen LogP contribution in [-0.4, -0.2) is 23.5 Å². The first-order chi connectivity index (χ1) is 10.1. The Morgan fingerprint density at radius 2 is 1.36 bits per heavy atom. The molecule has 0 spiro atoms. The minimum absolute atomic E-state index is 0.315. The Labute approximate surface area is 134 Å². The lowest BCUT2D eigenvalue weighted by Gasteiger charge is -2.22. The molecule has 0 fully saturated rings. The fourth-order valence-corrected chi connectivity index (χ4v) is 4.54. The molecule has 0 saturated carbocycles. The van der Waals surface area contributed by atoms with Crippen molar-refractivity contribution in [1.29, 1.82) is 0 Å². The normalized spacial score (nSPS) is 12.2. The van der Waals surface area contributed by atoms with E-state index in [2.05, 4.69) is 19.6 Å². The summed E-state index contributed by atoms with van der Waals surface area (Å²) in [6.45, 7) is 8.76. The number of rotatable bonds is 4. The summed E-state index contributed by atoms with van der Waals surface area (Å²) < 4.78 is 26.7. The Morgan fingerprint density at radius 3 is 1.82 bits per heavy atom. The first-order valence-corrected chi connectivity index (χ1v) is 12.2. The van der Waals surface area contributed by atoms with Crippen LogP contribution in [0.2, 0.25) is 19.6 Å². The molecule has 2 aromatic rings. The zero-order valence-corrected chi connectivity index (χ0v) is 15.6. The van der Waals surface area contributed by atoms with Crippen LogP contribution >= 0.6 is 0 Å². The van der Waals surface area contributed by atoms with Gasteiger partial charge in [0.1, 0.15) is 0 Å². The molecule has 0 aliphatic heterocycles. The van der Waals surface area contributed by atoms with Crippen molar-refractivity contribution in [2.75, 3.05) is 11.4 Å². The number of hydrogen-bond donors (Lipinski definition) is 0. The maximum absolute atomic E-state index is 12.7. The van der Waals surface area contributed by atoms with Crippen molar-refractivity contribution in [3.63, 3.8) is 0 Å². The van der Waals surface area contributed by atoms with E-state index in [1.807, 2.05) is 43.3 Å². The van der Waals surface area contributed by atoms with E-state index >= 15 is 0 Å². The minimum Gasteiger partial charge on any atom is -0.269 e. The van der Waals surface area contributed by atoms with E-state index in [4.69, 9.17) is 0 Å². The van der Waals surface area contributed by atoms with Crippen LogP contribution in [0, 0.1) is 6.92 Å². The summed E-state index contributed by atoms with van der Waals surface area (Å²) >= 11 is 0. The average Bonchev–Trinajstić information content (AvgIpc) is 2.46. The van der Waals surface area contributed by atoms with Crippen LogP contribution < -0.4 is 9.49 Å². The van der Waals surface area contributed by atoms with Crippen LogP contribution in [0.25, 0.3) is 0 Å². The van der Waals surface area contributed by atoms with Gasteiger partial charge < -0.3 is 0 Å². The molecule has 0 aliphatic carbocycles. The highest BCUT2D eigenvalue weighted by atomic mass is 32.2. The second kappa shape index (κ2) is 5.89. The Morgan fingerprint density at radius 1 is 0.864 bits per heavy atom. The fourth-order valence-electron chi connectivity index (χ4n) is 2.18. The molecule has 22 heavy (non-hydrogen) atoms. The molecule has 3 nitrogen and oxygen atoms in total. The standard InChI is InChI=1S/C17H23NO2SSi/c1-14-6-10-16(11-7-14)21(19,20)18(2)15-8-12-17(13-9-15)22(3,4)5/h6-13H,1-5H3. The maximum atomic E-state index is 12.7. The smallest absolute Gasteiger partial charge is 0.264 e. The Kier molecular flexibility index (Phi) is 4.49. The lowest BCUT2D eigenvalue weighted by atomic mass is 10.2. The minimum atomic E-state index is -3.51. The number of benzene rings is 2. The Bertz CT molecular complexity index is 745. The van der Waals surface area contributed by atoms with Gasteiger partial charge in [-0.25, -0.2) is 8.42 Å². The maximum Gasteiger partial charge on any atom is 0.264 e. The topological polar surface area (TPSA) is 37.4 Å². The molecular weight excluding hydrogens is 310 g/mol. The molecule has 0 saturated heterocycles. The SMILES string of the molecule is Cc1ccc(S(=O)(=O)N(C)c2ccc([Si](C)(C)C)cc2)cc1. The Hall–Kier alpha value is -1.59. The van der Waals surface area contributed by atoms with E-state index < -0.39 is 18.1 Å². The highest BCUT2D eigenvalue weighted by Crippen LogP contribution is 2.22. The largest absolute Gasteiger partial charge is 0.269 e. The third-order valence-corrected chi connectivity index (χ3v) is 7.64. The fraction of sp³-hybridized carbons (Fsp3) is 0.294. The molecule has 5 heteroatoms. The molecule has 0 N–H and O–H groups in total. The highest BCUT2D eigenvalue weighted by molar-refractivity contribution is 7.92. The van der Waals surface area contributed by atoms with Crippen LogP contribution in [0.1, 0.15) is 5.56 Å². The van der Waals surface area contributed by atoms with E-state index in [1.165, 1.54) is 9.49 Å². The zero-order chi connectivity index (χ0) is 16.5. The van der Waals surface area contributed by atoms with Crippen molar-refractivity contribution >= 4 is 29.0 Å². The molecule has 0 amide bonds. The highest BCUT2D eigenvalue weighted by Gasteiger charge is 2.22. The summed E-state index contributed by atoms with van der Waals surface area (Å²) in [5, 5.41) is 1.32. The van der Waals surface area contributed by atoms with Crippen molar-refractivity contribution < 1.29 is 8.42 Å². The predicted octanol–water partition coefficient (Wildman–Crippen LogP) is 3.37. The lowest BCUT2D eigenvalue weighted by Crippen LogP contribution is -2.37. The van der Waals surface area contributed by atoms with Gasteiger partial charge in [0.2, 0.25) is 0 Å². The molecule has 0 atom stereocenters. The van der Waals surface area contributed by atoms with Gasteiger partial charge in [0.25, 0.3) is 10.0 Å². The van der Waals surface area contributed by atoms with Gasteiger partial charge in [-0.2, -0.15) is 0 Å². The molecule has 2 rings (SSSR count). The molecule has 0 aromatic heterocycles. The Balaban J connectivity index is 2.34. The van der Waals surface area contributed by atoms with Gasteiger partial charge in [-0.3, -0.25) is 4.31 Å². The van der Waals surface area contributed by atoms with Crippen LogP contribution in [0.15, 0.2) is 53.4 Å². The van der Waals surface area contributed by atoms with Crippen LogP contribution in [0.4, 0.5) is 5.69 Å². The molecule has 0 radical (unpaired) electrons. The summed E-state index contributed by atoms with van der Waals surface area (Å²) in [5.41, 5.74) is 1.73. The van der Waals surface area contributed by atoms with Crippen LogP contribution in [-0.2, 0) is 10.0 Å². The number of nitrogens with zero attached hydrogens (tertiary/aromatic N) is 1.